The minimum Gasteiger partial charge on any atom is -0.375 e. The lowest BCUT2D eigenvalue weighted by Crippen LogP contribution is -2.34. The van der Waals surface area contributed by atoms with Crippen LogP contribution in [0.25, 0.3) is 12.2 Å². The number of benzene rings is 1. The second-order valence-electron chi connectivity index (χ2n) is 6.41. The van der Waals surface area contributed by atoms with E-state index in [0.29, 0.717) is 0 Å². The van der Waals surface area contributed by atoms with Crippen LogP contribution in [0.15, 0.2) is 48.7 Å². The van der Waals surface area contributed by atoms with E-state index in [4.69, 9.17) is 0 Å². The second kappa shape index (κ2) is 9.24. The van der Waals surface area contributed by atoms with E-state index in [2.05, 4.69) is 103 Å². The maximum Gasteiger partial charge on any atom is 0.205 e. The molecule has 0 amide bonds. The molecule has 0 N–H and O–H groups in total. The van der Waals surface area contributed by atoms with Crippen molar-refractivity contribution < 1.29 is 4.57 Å². The van der Waals surface area contributed by atoms with Gasteiger partial charge in [-0.3, -0.25) is 0 Å². The van der Waals surface area contributed by atoms with Crippen LogP contribution in [0.3, 0.4) is 0 Å². The summed E-state index contributed by atoms with van der Waals surface area (Å²) < 4.78 is 2.24. The molecule has 1 heterocycles. The third-order valence-electron chi connectivity index (χ3n) is 4.20. The summed E-state index contributed by atoms with van der Waals surface area (Å²) in [5.74, 6) is 0. The van der Waals surface area contributed by atoms with Gasteiger partial charge in [-0.2, -0.15) is 4.57 Å². The van der Waals surface area contributed by atoms with Gasteiger partial charge < -0.3 is 9.80 Å². The van der Waals surface area contributed by atoms with Gasteiger partial charge in [0.2, 0.25) is 5.69 Å². The van der Waals surface area contributed by atoms with Crippen molar-refractivity contribution in [3.05, 3.63) is 59.9 Å². The Labute approximate surface area is 146 Å². The first kappa shape index (κ1) is 18.2. The van der Waals surface area contributed by atoms with E-state index >= 15 is 0 Å². The van der Waals surface area contributed by atoms with Crippen molar-refractivity contribution in [3.63, 3.8) is 0 Å². The van der Waals surface area contributed by atoms with Gasteiger partial charge in [-0.05, 0) is 63.8 Å². The third-order valence-corrected chi connectivity index (χ3v) is 4.20. The van der Waals surface area contributed by atoms with Crippen molar-refractivity contribution in [2.45, 2.75) is 19.9 Å². The van der Waals surface area contributed by atoms with Crippen molar-refractivity contribution >= 4 is 17.8 Å². The smallest absolute Gasteiger partial charge is 0.205 e. The summed E-state index contributed by atoms with van der Waals surface area (Å²) in [7, 11) is 6.40. The van der Waals surface area contributed by atoms with Gasteiger partial charge in [-0.1, -0.05) is 12.1 Å². The van der Waals surface area contributed by atoms with Gasteiger partial charge in [0, 0.05) is 37.5 Å². The fourth-order valence-electron chi connectivity index (χ4n) is 2.70. The van der Waals surface area contributed by atoms with E-state index in [1.807, 2.05) is 0 Å². The minimum atomic E-state index is 0.983. The fraction of sp³-hybridized carbons (Fsp3) is 0.381. The molecule has 0 aliphatic carbocycles. The van der Waals surface area contributed by atoms with Crippen molar-refractivity contribution in [2.24, 2.45) is 0 Å². The van der Waals surface area contributed by atoms with Crippen LogP contribution in [-0.4, -0.2) is 39.1 Å². The Morgan fingerprint density at radius 3 is 2.33 bits per heavy atom. The zero-order valence-electron chi connectivity index (χ0n) is 15.4. The Kier molecular flexibility index (Phi) is 7.01. The van der Waals surface area contributed by atoms with E-state index < -0.39 is 0 Å². The Morgan fingerprint density at radius 2 is 1.67 bits per heavy atom. The Morgan fingerprint density at radius 1 is 0.917 bits per heavy atom. The maximum absolute atomic E-state index is 2.32. The molecule has 128 valence electrons. The van der Waals surface area contributed by atoms with Crippen molar-refractivity contribution in [1.82, 2.24) is 4.90 Å². The summed E-state index contributed by atoms with van der Waals surface area (Å²) in [6.45, 7) is 5.35. The summed E-state index contributed by atoms with van der Waals surface area (Å²) >= 11 is 0. The molecule has 2 aromatic rings. The molecule has 3 heteroatoms. The number of pyridine rings is 1. The zero-order valence-corrected chi connectivity index (χ0v) is 15.4. The Balaban J connectivity index is 1.97. The average Bonchev–Trinajstić information content (AvgIpc) is 2.60. The monoisotopic (exact) mass is 324 g/mol. The first-order valence-corrected chi connectivity index (χ1v) is 8.72. The van der Waals surface area contributed by atoms with Gasteiger partial charge >= 0.3 is 0 Å². The maximum atomic E-state index is 2.32. The molecule has 0 atom stereocenters. The lowest BCUT2D eigenvalue weighted by molar-refractivity contribution is -0.695. The van der Waals surface area contributed by atoms with E-state index in [-0.39, 0.29) is 0 Å². The number of hydrogen-bond acceptors (Lipinski definition) is 2. The second-order valence-corrected chi connectivity index (χ2v) is 6.41. The highest BCUT2D eigenvalue weighted by molar-refractivity contribution is 5.68. The van der Waals surface area contributed by atoms with Gasteiger partial charge in [-0.15, -0.1) is 0 Å². The van der Waals surface area contributed by atoms with Crippen LogP contribution in [0.2, 0.25) is 0 Å². The van der Waals surface area contributed by atoms with Crippen LogP contribution in [0, 0.1) is 0 Å². The molecule has 0 unspecified atom stereocenters. The summed E-state index contributed by atoms with van der Waals surface area (Å²) in [5, 5.41) is 0. The fourth-order valence-corrected chi connectivity index (χ4v) is 2.70. The standard InChI is InChI=1S/C21H30N3/c1-5-24-18-7-6-9-21(24)15-12-19-10-13-20(14-11-19)23(4)17-8-16-22(2)3/h6-7,9-15,18H,5,8,16-17H2,1-4H3/q+1. The Hall–Kier alpha value is -2.13. The molecule has 1 aromatic carbocycles. The summed E-state index contributed by atoms with van der Waals surface area (Å²) in [6.07, 6.45) is 7.65. The van der Waals surface area contributed by atoms with Crippen LogP contribution in [0.5, 0.6) is 0 Å². The normalized spacial score (nSPS) is 11.4. The quantitative estimate of drug-likeness (QED) is 0.687. The summed E-state index contributed by atoms with van der Waals surface area (Å²) in [5.41, 5.74) is 3.73. The number of nitrogens with zero attached hydrogens (tertiary/aromatic N) is 3. The van der Waals surface area contributed by atoms with Crippen LogP contribution in [0.4, 0.5) is 5.69 Å². The molecule has 24 heavy (non-hydrogen) atoms. The largest absolute Gasteiger partial charge is 0.375 e. The van der Waals surface area contributed by atoms with Gasteiger partial charge in [0.15, 0.2) is 6.20 Å². The predicted octanol–water partition coefficient (Wildman–Crippen LogP) is 3.55. The van der Waals surface area contributed by atoms with Gasteiger partial charge in [-0.25, -0.2) is 0 Å². The lowest BCUT2D eigenvalue weighted by atomic mass is 10.1. The lowest BCUT2D eigenvalue weighted by Gasteiger charge is -2.20. The van der Waals surface area contributed by atoms with Gasteiger partial charge in [0.25, 0.3) is 0 Å². The first-order valence-electron chi connectivity index (χ1n) is 8.72. The number of anilines is 1. The molecule has 0 spiro atoms. The topological polar surface area (TPSA) is 10.4 Å². The molecule has 0 saturated carbocycles. The molecule has 1 aromatic heterocycles. The predicted molar refractivity (Wildman–Crippen MR) is 104 cm³/mol. The van der Waals surface area contributed by atoms with Crippen molar-refractivity contribution in [1.29, 1.82) is 0 Å². The van der Waals surface area contributed by atoms with Crippen molar-refractivity contribution in [3.8, 4) is 0 Å². The molecule has 0 fully saturated rings. The average molecular weight is 324 g/mol. The number of aryl methyl sites for hydroxylation is 1. The molecule has 0 bridgehead atoms. The highest BCUT2D eigenvalue weighted by atomic mass is 15.1. The molecule has 0 radical (unpaired) electrons. The first-order chi connectivity index (χ1) is 11.6. The molecule has 2 rings (SSSR count). The number of hydrogen-bond donors (Lipinski definition) is 0. The van der Waals surface area contributed by atoms with E-state index in [0.717, 1.165) is 19.6 Å². The highest BCUT2D eigenvalue weighted by Crippen LogP contribution is 2.15. The summed E-state index contributed by atoms with van der Waals surface area (Å²) in [4.78, 5) is 4.55. The van der Waals surface area contributed by atoms with Crippen LogP contribution >= 0.6 is 0 Å². The van der Waals surface area contributed by atoms with E-state index in [1.54, 1.807) is 0 Å². The third kappa shape index (κ3) is 5.50. The molecule has 0 saturated heterocycles. The SMILES string of the molecule is CC[n+]1ccccc1/C=C/c1ccc(N(C)CCCN(C)C)cc1. The highest BCUT2D eigenvalue weighted by Gasteiger charge is 2.03. The van der Waals surface area contributed by atoms with Crippen molar-refractivity contribution in [2.75, 3.05) is 39.1 Å². The van der Waals surface area contributed by atoms with Crippen LogP contribution in [0.1, 0.15) is 24.6 Å². The van der Waals surface area contributed by atoms with E-state index in [9.17, 15) is 0 Å². The molecule has 3 nitrogen and oxygen atoms in total. The number of rotatable bonds is 8. The molecular weight excluding hydrogens is 294 g/mol. The van der Waals surface area contributed by atoms with E-state index in [1.165, 1.54) is 23.4 Å². The van der Waals surface area contributed by atoms with Gasteiger partial charge in [0.1, 0.15) is 6.54 Å². The number of aromatic nitrogens is 1. The minimum absolute atomic E-state index is 0.983. The Bertz CT molecular complexity index is 644. The molecule has 0 aliphatic rings. The van der Waals surface area contributed by atoms with Crippen LogP contribution in [-0.2, 0) is 6.54 Å². The van der Waals surface area contributed by atoms with Gasteiger partial charge in [0.05, 0.1) is 0 Å². The van der Waals surface area contributed by atoms with Crippen LogP contribution < -0.4 is 9.47 Å². The summed E-state index contributed by atoms with van der Waals surface area (Å²) in [6, 6.07) is 15.1. The molecular formula is C21H30N3+. The molecule has 0 aliphatic heterocycles. The zero-order chi connectivity index (χ0) is 17.4.